The number of benzene rings is 1. The van der Waals surface area contributed by atoms with E-state index in [-0.39, 0.29) is 12.1 Å². The maximum atomic E-state index is 6.27. The smallest absolute Gasteiger partial charge is 0.127 e. The van der Waals surface area contributed by atoms with E-state index in [2.05, 4.69) is 19.2 Å². The minimum absolute atomic E-state index is 0.146. The highest BCUT2D eigenvalue weighted by atomic mass is 35.5. The second-order valence-electron chi connectivity index (χ2n) is 4.30. The lowest BCUT2D eigenvalue weighted by Gasteiger charge is -2.19. The fourth-order valence-corrected chi connectivity index (χ4v) is 2.82. The van der Waals surface area contributed by atoms with Crippen LogP contribution in [0.25, 0.3) is 0 Å². The third-order valence-corrected chi connectivity index (χ3v) is 3.57. The molecule has 0 radical (unpaired) electrons. The van der Waals surface area contributed by atoms with Gasteiger partial charge in [0, 0.05) is 10.6 Å². The Labute approximate surface area is 112 Å². The average molecular weight is 274 g/mol. The fourth-order valence-electron chi connectivity index (χ4n) is 2.23. The lowest BCUT2D eigenvalue weighted by Crippen LogP contribution is -2.31. The van der Waals surface area contributed by atoms with Gasteiger partial charge in [0.05, 0.1) is 11.1 Å². The van der Waals surface area contributed by atoms with Crippen LogP contribution in [0.4, 0.5) is 0 Å². The molecular weight excluding hydrogens is 257 g/mol. The minimum Gasteiger partial charge on any atom is -0.488 e. The van der Waals surface area contributed by atoms with Crippen LogP contribution in [-0.4, -0.2) is 12.6 Å². The molecule has 0 bridgehead atoms. The molecule has 1 aliphatic rings. The molecule has 2 rings (SSSR count). The summed E-state index contributed by atoms with van der Waals surface area (Å²) in [5.74, 6) is 0.822. The van der Waals surface area contributed by atoms with Gasteiger partial charge in [0.2, 0.25) is 0 Å². The van der Waals surface area contributed by atoms with E-state index in [1.165, 1.54) is 0 Å². The molecule has 2 nitrogen and oxygen atoms in total. The Kier molecular flexibility index (Phi) is 4.18. The highest BCUT2D eigenvalue weighted by molar-refractivity contribution is 6.35. The molecule has 4 heteroatoms. The Hall–Kier alpha value is -0.440. The van der Waals surface area contributed by atoms with Crippen LogP contribution in [0.5, 0.6) is 5.75 Å². The Morgan fingerprint density at radius 3 is 2.71 bits per heavy atom. The summed E-state index contributed by atoms with van der Waals surface area (Å²) in [4.78, 5) is 0. The quantitative estimate of drug-likeness (QED) is 0.888. The van der Waals surface area contributed by atoms with Crippen molar-refractivity contribution in [1.82, 2.24) is 5.32 Å². The molecule has 1 aliphatic heterocycles. The van der Waals surface area contributed by atoms with Crippen molar-refractivity contribution in [3.63, 3.8) is 0 Å². The molecule has 0 aliphatic carbocycles. The van der Waals surface area contributed by atoms with Crippen LogP contribution >= 0.6 is 23.2 Å². The van der Waals surface area contributed by atoms with Crippen LogP contribution in [0.2, 0.25) is 10.0 Å². The molecule has 1 aromatic carbocycles. The average Bonchev–Trinajstić information content (AvgIpc) is 2.64. The summed E-state index contributed by atoms with van der Waals surface area (Å²) < 4.78 is 5.90. The second kappa shape index (κ2) is 5.47. The van der Waals surface area contributed by atoms with Gasteiger partial charge in [0.25, 0.3) is 0 Å². The number of hydrogen-bond donors (Lipinski definition) is 1. The molecule has 0 saturated carbocycles. The zero-order valence-electron chi connectivity index (χ0n) is 10.1. The maximum absolute atomic E-state index is 6.27. The predicted molar refractivity (Wildman–Crippen MR) is 72.2 cm³/mol. The zero-order chi connectivity index (χ0) is 12.4. The van der Waals surface area contributed by atoms with Crippen LogP contribution in [0.15, 0.2) is 12.1 Å². The highest BCUT2D eigenvalue weighted by Crippen LogP contribution is 2.43. The SMILES string of the molecule is CCCNC1c2c(Cl)cc(Cl)cc2OC1CC. The molecule has 0 spiro atoms. The number of halogens is 2. The van der Waals surface area contributed by atoms with Gasteiger partial charge in [-0.1, -0.05) is 37.0 Å². The number of ether oxygens (including phenoxy) is 1. The van der Waals surface area contributed by atoms with E-state index in [4.69, 9.17) is 27.9 Å². The zero-order valence-corrected chi connectivity index (χ0v) is 11.6. The van der Waals surface area contributed by atoms with E-state index >= 15 is 0 Å². The van der Waals surface area contributed by atoms with Gasteiger partial charge < -0.3 is 10.1 Å². The van der Waals surface area contributed by atoms with Crippen LogP contribution < -0.4 is 10.1 Å². The summed E-state index contributed by atoms with van der Waals surface area (Å²) in [5, 5.41) is 4.81. The number of rotatable bonds is 4. The standard InChI is InChI=1S/C13H17Cl2NO/c1-3-5-16-13-10(4-2)17-11-7-8(14)6-9(15)12(11)13/h6-7,10,13,16H,3-5H2,1-2H3. The van der Waals surface area contributed by atoms with Gasteiger partial charge in [-0.2, -0.15) is 0 Å². The molecule has 17 heavy (non-hydrogen) atoms. The van der Waals surface area contributed by atoms with Crippen molar-refractivity contribution in [3.05, 3.63) is 27.7 Å². The fraction of sp³-hybridized carbons (Fsp3) is 0.538. The molecule has 0 fully saturated rings. The van der Waals surface area contributed by atoms with E-state index in [1.54, 1.807) is 6.07 Å². The van der Waals surface area contributed by atoms with E-state index < -0.39 is 0 Å². The van der Waals surface area contributed by atoms with Crippen LogP contribution in [0.1, 0.15) is 38.3 Å². The van der Waals surface area contributed by atoms with Crippen molar-refractivity contribution in [3.8, 4) is 5.75 Å². The monoisotopic (exact) mass is 273 g/mol. The van der Waals surface area contributed by atoms with Gasteiger partial charge >= 0.3 is 0 Å². The summed E-state index contributed by atoms with van der Waals surface area (Å²) in [6.45, 7) is 5.23. The van der Waals surface area contributed by atoms with Gasteiger partial charge in [-0.15, -0.1) is 0 Å². The first-order valence-corrected chi connectivity index (χ1v) is 6.82. The Balaban J connectivity index is 2.33. The molecular formula is C13H17Cl2NO. The molecule has 0 saturated heterocycles. The molecule has 1 N–H and O–H groups in total. The number of hydrogen-bond acceptors (Lipinski definition) is 2. The first-order chi connectivity index (χ1) is 8.17. The van der Waals surface area contributed by atoms with Crippen molar-refractivity contribution in [1.29, 1.82) is 0 Å². The largest absolute Gasteiger partial charge is 0.488 e. The normalized spacial score (nSPS) is 22.4. The van der Waals surface area contributed by atoms with Crippen LogP contribution in [0, 0.1) is 0 Å². The van der Waals surface area contributed by atoms with Gasteiger partial charge in [-0.05, 0) is 31.5 Å². The summed E-state index contributed by atoms with van der Waals surface area (Å²) >= 11 is 12.3. The first-order valence-electron chi connectivity index (χ1n) is 6.06. The van der Waals surface area contributed by atoms with E-state index in [0.717, 1.165) is 30.7 Å². The van der Waals surface area contributed by atoms with Crippen LogP contribution in [0.3, 0.4) is 0 Å². The van der Waals surface area contributed by atoms with Gasteiger partial charge in [0.15, 0.2) is 0 Å². The molecule has 0 aromatic heterocycles. The van der Waals surface area contributed by atoms with Crippen molar-refractivity contribution in [2.75, 3.05) is 6.54 Å². The van der Waals surface area contributed by atoms with Gasteiger partial charge in [-0.3, -0.25) is 0 Å². The van der Waals surface area contributed by atoms with E-state index in [9.17, 15) is 0 Å². The lowest BCUT2D eigenvalue weighted by atomic mass is 10.0. The molecule has 2 unspecified atom stereocenters. The molecule has 0 amide bonds. The minimum atomic E-state index is 0.146. The van der Waals surface area contributed by atoms with Gasteiger partial charge in [0.1, 0.15) is 11.9 Å². The molecule has 2 atom stereocenters. The van der Waals surface area contributed by atoms with E-state index in [1.807, 2.05) is 6.07 Å². The Morgan fingerprint density at radius 1 is 1.29 bits per heavy atom. The summed E-state index contributed by atoms with van der Waals surface area (Å²) in [7, 11) is 0. The molecule has 1 aromatic rings. The summed E-state index contributed by atoms with van der Waals surface area (Å²) in [5.41, 5.74) is 1.05. The number of nitrogens with one attached hydrogen (secondary N) is 1. The topological polar surface area (TPSA) is 21.3 Å². The summed E-state index contributed by atoms with van der Waals surface area (Å²) in [6, 6.07) is 3.81. The van der Waals surface area contributed by atoms with Crippen molar-refractivity contribution in [2.45, 2.75) is 38.8 Å². The second-order valence-corrected chi connectivity index (χ2v) is 5.14. The first kappa shape index (κ1) is 13.0. The Morgan fingerprint density at radius 2 is 2.06 bits per heavy atom. The Bertz CT molecular complexity index is 409. The van der Waals surface area contributed by atoms with Crippen molar-refractivity contribution in [2.24, 2.45) is 0 Å². The van der Waals surface area contributed by atoms with E-state index in [0.29, 0.717) is 10.0 Å². The lowest BCUT2D eigenvalue weighted by molar-refractivity contribution is 0.185. The third kappa shape index (κ3) is 2.54. The highest BCUT2D eigenvalue weighted by Gasteiger charge is 2.34. The van der Waals surface area contributed by atoms with Crippen molar-refractivity contribution >= 4 is 23.2 Å². The molecule has 94 valence electrons. The summed E-state index contributed by atoms with van der Waals surface area (Å²) in [6.07, 6.45) is 2.19. The predicted octanol–water partition coefficient (Wildman–Crippen LogP) is 4.21. The number of fused-ring (bicyclic) bond motifs is 1. The maximum Gasteiger partial charge on any atom is 0.127 e. The van der Waals surface area contributed by atoms with Crippen molar-refractivity contribution < 1.29 is 4.74 Å². The third-order valence-electron chi connectivity index (χ3n) is 3.03. The van der Waals surface area contributed by atoms with Gasteiger partial charge in [-0.25, -0.2) is 0 Å². The molecule has 1 heterocycles. The van der Waals surface area contributed by atoms with Crippen LogP contribution in [-0.2, 0) is 0 Å².